The number of piperidine rings is 1. The number of rotatable bonds is 4. The first kappa shape index (κ1) is 11.9. The lowest BCUT2D eigenvalue weighted by Crippen LogP contribution is -2.39. The fourth-order valence-corrected chi connectivity index (χ4v) is 3.32. The summed E-state index contributed by atoms with van der Waals surface area (Å²) in [6.07, 6.45) is 7.08. The maximum atomic E-state index is 3.82. The molecule has 2 heterocycles. The van der Waals surface area contributed by atoms with Gasteiger partial charge in [0.05, 0.1) is 0 Å². The highest BCUT2D eigenvalue weighted by Gasteiger charge is 2.34. The van der Waals surface area contributed by atoms with Gasteiger partial charge < -0.3 is 10.2 Å². The Bertz CT molecular complexity index is 244. The third-order valence-corrected chi connectivity index (χ3v) is 4.82. The van der Waals surface area contributed by atoms with Crippen LogP contribution in [0.15, 0.2) is 0 Å². The lowest BCUT2D eigenvalue weighted by molar-refractivity contribution is 0.212. The van der Waals surface area contributed by atoms with Crippen LogP contribution < -0.4 is 5.32 Å². The molecule has 0 amide bonds. The number of hydrogen-bond acceptors (Lipinski definition) is 3. The number of nitrogens with zero attached hydrogens (tertiary/aromatic N) is 2. The Morgan fingerprint density at radius 2 is 1.76 bits per heavy atom. The molecule has 1 unspecified atom stereocenters. The van der Waals surface area contributed by atoms with E-state index in [0.717, 1.165) is 18.0 Å². The third-order valence-electron chi connectivity index (χ3n) is 4.82. The van der Waals surface area contributed by atoms with E-state index in [1.165, 1.54) is 64.8 Å². The van der Waals surface area contributed by atoms with Crippen molar-refractivity contribution in [2.45, 2.75) is 44.2 Å². The summed E-state index contributed by atoms with van der Waals surface area (Å²) in [5, 5.41) is 3.82. The predicted molar refractivity (Wildman–Crippen MR) is 71.2 cm³/mol. The Morgan fingerprint density at radius 1 is 1.00 bits per heavy atom. The van der Waals surface area contributed by atoms with Crippen molar-refractivity contribution < 1.29 is 0 Å². The van der Waals surface area contributed by atoms with E-state index in [4.69, 9.17) is 0 Å². The maximum absolute atomic E-state index is 3.82. The van der Waals surface area contributed by atoms with E-state index in [1.807, 2.05) is 0 Å². The smallest absolute Gasteiger partial charge is 0.0207 e. The molecular formula is C14H27N3. The summed E-state index contributed by atoms with van der Waals surface area (Å²) in [6.45, 7) is 6.51. The van der Waals surface area contributed by atoms with Crippen LogP contribution in [0.2, 0.25) is 0 Å². The van der Waals surface area contributed by atoms with E-state index < -0.39 is 0 Å². The van der Waals surface area contributed by atoms with Gasteiger partial charge in [0.15, 0.2) is 0 Å². The van der Waals surface area contributed by atoms with Gasteiger partial charge in [-0.25, -0.2) is 0 Å². The minimum Gasteiger partial charge on any atom is -0.312 e. The third kappa shape index (κ3) is 3.21. The van der Waals surface area contributed by atoms with E-state index in [9.17, 15) is 0 Å². The minimum atomic E-state index is 0.787. The average Bonchev–Trinajstić information content (AvgIpc) is 3.09. The van der Waals surface area contributed by atoms with Gasteiger partial charge in [-0.05, 0) is 64.7 Å². The molecular weight excluding hydrogens is 210 g/mol. The zero-order chi connectivity index (χ0) is 11.7. The molecule has 1 saturated carbocycles. The summed E-state index contributed by atoms with van der Waals surface area (Å²) in [7, 11) is 2.24. The predicted octanol–water partition coefficient (Wildman–Crippen LogP) is 1.15. The van der Waals surface area contributed by atoms with Crippen molar-refractivity contribution >= 4 is 0 Å². The summed E-state index contributed by atoms with van der Waals surface area (Å²) in [5.41, 5.74) is 0. The van der Waals surface area contributed by atoms with Crippen LogP contribution in [0.1, 0.15) is 32.1 Å². The molecule has 17 heavy (non-hydrogen) atoms. The zero-order valence-electron chi connectivity index (χ0n) is 11.2. The van der Waals surface area contributed by atoms with Gasteiger partial charge in [0.1, 0.15) is 0 Å². The lowest BCUT2D eigenvalue weighted by atomic mass is 9.97. The molecule has 0 radical (unpaired) electrons. The molecule has 0 aromatic rings. The van der Waals surface area contributed by atoms with E-state index in [1.54, 1.807) is 0 Å². The summed E-state index contributed by atoms with van der Waals surface area (Å²) >= 11 is 0. The number of hydrogen-bond donors (Lipinski definition) is 1. The second kappa shape index (κ2) is 5.25. The minimum absolute atomic E-state index is 0.787. The van der Waals surface area contributed by atoms with Gasteiger partial charge in [0.2, 0.25) is 0 Å². The molecule has 0 bridgehead atoms. The molecule has 2 aliphatic heterocycles. The van der Waals surface area contributed by atoms with Crippen molar-refractivity contribution in [2.75, 3.05) is 39.8 Å². The van der Waals surface area contributed by atoms with Crippen LogP contribution in [0.3, 0.4) is 0 Å². The van der Waals surface area contributed by atoms with Crippen molar-refractivity contribution in [3.8, 4) is 0 Å². The van der Waals surface area contributed by atoms with Gasteiger partial charge in [0, 0.05) is 25.2 Å². The Kier molecular flexibility index (Phi) is 3.69. The fourth-order valence-electron chi connectivity index (χ4n) is 3.32. The Hall–Kier alpha value is -0.120. The van der Waals surface area contributed by atoms with Crippen molar-refractivity contribution in [3.63, 3.8) is 0 Å². The van der Waals surface area contributed by atoms with Crippen LogP contribution in [0.4, 0.5) is 0 Å². The van der Waals surface area contributed by atoms with Crippen LogP contribution in [-0.2, 0) is 0 Å². The lowest BCUT2D eigenvalue weighted by Gasteiger charge is -2.30. The largest absolute Gasteiger partial charge is 0.312 e. The topological polar surface area (TPSA) is 18.5 Å². The van der Waals surface area contributed by atoms with E-state index in [2.05, 4.69) is 22.2 Å². The van der Waals surface area contributed by atoms with Crippen molar-refractivity contribution in [2.24, 2.45) is 5.92 Å². The normalized spacial score (nSPS) is 33.4. The van der Waals surface area contributed by atoms with Crippen molar-refractivity contribution in [1.29, 1.82) is 0 Å². The first-order valence-corrected chi connectivity index (χ1v) is 7.47. The molecule has 0 spiro atoms. The molecule has 1 atom stereocenters. The highest BCUT2D eigenvalue weighted by atomic mass is 15.2. The van der Waals surface area contributed by atoms with Crippen LogP contribution in [0.5, 0.6) is 0 Å². The molecule has 3 fully saturated rings. The molecule has 3 aliphatic rings. The maximum Gasteiger partial charge on any atom is 0.0207 e. The van der Waals surface area contributed by atoms with Crippen LogP contribution in [0.25, 0.3) is 0 Å². The molecule has 2 saturated heterocycles. The van der Waals surface area contributed by atoms with E-state index in [-0.39, 0.29) is 0 Å². The van der Waals surface area contributed by atoms with Gasteiger partial charge in [-0.1, -0.05) is 0 Å². The Balaban J connectivity index is 1.34. The second-order valence-electron chi connectivity index (χ2n) is 6.37. The SMILES string of the molecule is CN1CCC(CNC2CCN(C3CC3)C2)CC1. The summed E-state index contributed by atoms with van der Waals surface area (Å²) in [5.74, 6) is 0.932. The van der Waals surface area contributed by atoms with Gasteiger partial charge in [-0.2, -0.15) is 0 Å². The quantitative estimate of drug-likeness (QED) is 0.791. The molecule has 3 heteroatoms. The molecule has 1 aliphatic carbocycles. The fraction of sp³-hybridized carbons (Fsp3) is 1.00. The molecule has 3 nitrogen and oxygen atoms in total. The molecule has 0 aromatic heterocycles. The van der Waals surface area contributed by atoms with Crippen LogP contribution in [0, 0.1) is 5.92 Å². The zero-order valence-corrected chi connectivity index (χ0v) is 11.2. The monoisotopic (exact) mass is 237 g/mol. The highest BCUT2D eigenvalue weighted by molar-refractivity contribution is 4.92. The van der Waals surface area contributed by atoms with Crippen molar-refractivity contribution in [1.82, 2.24) is 15.1 Å². The van der Waals surface area contributed by atoms with Gasteiger partial charge in [-0.15, -0.1) is 0 Å². The average molecular weight is 237 g/mol. The standard InChI is InChI=1S/C14H27N3/c1-16-7-4-12(5-8-16)10-15-13-6-9-17(11-13)14-2-3-14/h12-15H,2-11H2,1H3. The van der Waals surface area contributed by atoms with Crippen LogP contribution >= 0.6 is 0 Å². The Labute approximate surface area is 106 Å². The van der Waals surface area contributed by atoms with Gasteiger partial charge >= 0.3 is 0 Å². The number of likely N-dealkylation sites (tertiary alicyclic amines) is 2. The summed E-state index contributed by atoms with van der Waals surface area (Å²) in [4.78, 5) is 5.16. The molecule has 98 valence electrons. The van der Waals surface area contributed by atoms with E-state index in [0.29, 0.717) is 0 Å². The molecule has 3 rings (SSSR count). The van der Waals surface area contributed by atoms with E-state index >= 15 is 0 Å². The first-order valence-electron chi connectivity index (χ1n) is 7.47. The molecule has 1 N–H and O–H groups in total. The van der Waals surface area contributed by atoms with Crippen LogP contribution in [-0.4, -0.2) is 61.7 Å². The van der Waals surface area contributed by atoms with Crippen molar-refractivity contribution in [3.05, 3.63) is 0 Å². The highest BCUT2D eigenvalue weighted by Crippen LogP contribution is 2.29. The first-order chi connectivity index (χ1) is 8.31. The molecule has 0 aromatic carbocycles. The van der Waals surface area contributed by atoms with Gasteiger partial charge in [-0.3, -0.25) is 4.90 Å². The number of nitrogens with one attached hydrogen (secondary N) is 1. The second-order valence-corrected chi connectivity index (χ2v) is 6.37. The Morgan fingerprint density at radius 3 is 2.47 bits per heavy atom. The summed E-state index contributed by atoms with van der Waals surface area (Å²) in [6, 6.07) is 1.75. The summed E-state index contributed by atoms with van der Waals surface area (Å²) < 4.78 is 0. The van der Waals surface area contributed by atoms with Gasteiger partial charge in [0.25, 0.3) is 0 Å².